The van der Waals surface area contributed by atoms with Gasteiger partial charge in [-0.3, -0.25) is 10.4 Å². The summed E-state index contributed by atoms with van der Waals surface area (Å²) in [6.07, 6.45) is 4.07. The summed E-state index contributed by atoms with van der Waals surface area (Å²) in [5, 5.41) is 13.9. The van der Waals surface area contributed by atoms with Gasteiger partial charge in [0.1, 0.15) is 11.6 Å². The molecule has 1 fully saturated rings. The molecule has 27 heavy (non-hydrogen) atoms. The number of aromatic amines is 1. The van der Waals surface area contributed by atoms with Gasteiger partial charge >= 0.3 is 6.03 Å². The number of carbonyl (C=O) groups excluding carboxylic acids is 1. The number of amides is 2. The Hall–Kier alpha value is -3.00. The zero-order valence-electron chi connectivity index (χ0n) is 14.8. The number of urea groups is 1. The van der Waals surface area contributed by atoms with E-state index in [1.165, 1.54) is 25.0 Å². The number of benzene rings is 1. The zero-order chi connectivity index (χ0) is 18.8. The quantitative estimate of drug-likeness (QED) is 0.620. The highest BCUT2D eigenvalue weighted by Crippen LogP contribution is 2.41. The average Bonchev–Trinajstić information content (AvgIpc) is 3.41. The van der Waals surface area contributed by atoms with E-state index in [-0.39, 0.29) is 12.4 Å². The maximum Gasteiger partial charge on any atom is 0.320 e. The highest BCUT2D eigenvalue weighted by atomic mass is 19.1. The number of rotatable bonds is 6. The Bertz CT molecular complexity index is 952. The second-order valence-corrected chi connectivity index (χ2v) is 6.66. The molecule has 140 valence electrons. The summed E-state index contributed by atoms with van der Waals surface area (Å²) >= 11 is 0. The fourth-order valence-corrected chi connectivity index (χ4v) is 3.07. The summed E-state index contributed by atoms with van der Waals surface area (Å²) in [4.78, 5) is 16.7. The first-order chi connectivity index (χ1) is 13.1. The molecule has 0 saturated heterocycles. The predicted octanol–water partition coefficient (Wildman–Crippen LogP) is 3.48. The Morgan fingerprint density at radius 2 is 2.15 bits per heavy atom. The van der Waals surface area contributed by atoms with Crippen molar-refractivity contribution in [2.75, 3.05) is 19.0 Å². The summed E-state index contributed by atoms with van der Waals surface area (Å²) in [5.74, 6) is 0.620. The summed E-state index contributed by atoms with van der Waals surface area (Å²) in [7, 11) is 1.54. The molecule has 2 aromatic heterocycles. The van der Waals surface area contributed by atoms with Crippen LogP contribution in [0, 0.1) is 5.82 Å². The number of aromatic nitrogens is 3. The Morgan fingerprint density at radius 1 is 1.37 bits per heavy atom. The minimum Gasteiger partial charge on any atom is -0.382 e. The smallest absolute Gasteiger partial charge is 0.320 e. The molecular weight excluding hydrogens is 349 g/mol. The van der Waals surface area contributed by atoms with E-state index in [0.717, 1.165) is 22.2 Å². The van der Waals surface area contributed by atoms with E-state index in [0.29, 0.717) is 11.7 Å². The zero-order valence-corrected chi connectivity index (χ0v) is 14.8. The molecule has 0 radical (unpaired) electrons. The molecule has 8 heteroatoms. The molecule has 1 aliphatic carbocycles. The van der Waals surface area contributed by atoms with Crippen LogP contribution in [0.5, 0.6) is 0 Å². The van der Waals surface area contributed by atoms with Crippen LogP contribution in [0.15, 0.2) is 36.5 Å². The maximum absolute atomic E-state index is 13.1. The number of fused-ring (bicyclic) bond motifs is 1. The van der Waals surface area contributed by atoms with Gasteiger partial charge in [0.05, 0.1) is 18.2 Å². The van der Waals surface area contributed by atoms with Gasteiger partial charge in [-0.2, -0.15) is 5.10 Å². The number of pyridine rings is 1. The highest BCUT2D eigenvalue weighted by Gasteiger charge is 2.27. The molecule has 4 rings (SSSR count). The number of ether oxygens (including phenoxy) is 1. The van der Waals surface area contributed by atoms with Gasteiger partial charge in [0.2, 0.25) is 0 Å². The van der Waals surface area contributed by atoms with Crippen LogP contribution in [0.3, 0.4) is 0 Å². The molecule has 1 aromatic carbocycles. The highest BCUT2D eigenvalue weighted by molar-refractivity contribution is 5.91. The lowest BCUT2D eigenvalue weighted by Crippen LogP contribution is -2.35. The number of methoxy groups -OCH3 is 1. The van der Waals surface area contributed by atoms with Crippen LogP contribution in [0.1, 0.15) is 36.1 Å². The van der Waals surface area contributed by atoms with E-state index in [2.05, 4.69) is 25.8 Å². The minimum atomic E-state index is -0.425. The SMILES string of the molecule is COCC(NC(=O)Nc1cc2n[nH]c(C3CC3)c2cn1)c1ccc(F)cc1. The van der Waals surface area contributed by atoms with E-state index in [1.54, 1.807) is 31.5 Å². The maximum atomic E-state index is 13.1. The molecule has 1 saturated carbocycles. The molecule has 0 spiro atoms. The molecule has 2 heterocycles. The summed E-state index contributed by atoms with van der Waals surface area (Å²) in [6, 6.07) is 6.84. The van der Waals surface area contributed by atoms with Crippen LogP contribution in [-0.2, 0) is 4.74 Å². The Morgan fingerprint density at radius 3 is 2.85 bits per heavy atom. The van der Waals surface area contributed by atoms with Gasteiger partial charge in [-0.15, -0.1) is 0 Å². The van der Waals surface area contributed by atoms with Gasteiger partial charge in [0.25, 0.3) is 0 Å². The Balaban J connectivity index is 1.45. The van der Waals surface area contributed by atoms with Gasteiger partial charge in [0, 0.05) is 36.4 Å². The number of nitrogens with zero attached hydrogens (tertiary/aromatic N) is 2. The van der Waals surface area contributed by atoms with Crippen molar-refractivity contribution in [2.24, 2.45) is 0 Å². The van der Waals surface area contributed by atoms with E-state index in [9.17, 15) is 9.18 Å². The summed E-state index contributed by atoms with van der Waals surface area (Å²) in [6.45, 7) is 0.260. The van der Waals surface area contributed by atoms with Gasteiger partial charge in [0.15, 0.2) is 0 Å². The second-order valence-electron chi connectivity index (χ2n) is 6.66. The molecule has 7 nitrogen and oxygen atoms in total. The third-order valence-corrected chi connectivity index (χ3v) is 4.61. The predicted molar refractivity (Wildman–Crippen MR) is 99.0 cm³/mol. The van der Waals surface area contributed by atoms with Gasteiger partial charge < -0.3 is 10.1 Å². The lowest BCUT2D eigenvalue weighted by atomic mass is 10.1. The van der Waals surface area contributed by atoms with E-state index < -0.39 is 12.1 Å². The van der Waals surface area contributed by atoms with Crippen LogP contribution < -0.4 is 10.6 Å². The van der Waals surface area contributed by atoms with Gasteiger partial charge in [-0.25, -0.2) is 14.2 Å². The number of nitrogens with one attached hydrogen (secondary N) is 3. The van der Waals surface area contributed by atoms with Crippen LogP contribution in [-0.4, -0.2) is 34.9 Å². The van der Waals surface area contributed by atoms with Crippen molar-refractivity contribution >= 4 is 22.8 Å². The van der Waals surface area contributed by atoms with Crippen molar-refractivity contribution in [3.8, 4) is 0 Å². The number of halogens is 1. The number of H-pyrrole nitrogens is 1. The largest absolute Gasteiger partial charge is 0.382 e. The molecule has 3 aromatic rings. The monoisotopic (exact) mass is 369 g/mol. The first-order valence-corrected chi connectivity index (χ1v) is 8.80. The molecule has 1 atom stereocenters. The van der Waals surface area contributed by atoms with Crippen molar-refractivity contribution in [2.45, 2.75) is 24.8 Å². The molecule has 1 aliphatic rings. The molecule has 2 amide bonds. The van der Waals surface area contributed by atoms with E-state index >= 15 is 0 Å². The Kier molecular flexibility index (Phi) is 4.72. The minimum absolute atomic E-state index is 0.260. The first kappa shape index (κ1) is 17.4. The van der Waals surface area contributed by atoms with Crippen LogP contribution in [0.25, 0.3) is 10.9 Å². The number of hydrogen-bond donors (Lipinski definition) is 3. The second kappa shape index (κ2) is 7.32. The lowest BCUT2D eigenvalue weighted by Gasteiger charge is -2.18. The molecular formula is C19H20FN5O2. The third kappa shape index (κ3) is 3.90. The molecule has 1 unspecified atom stereocenters. The van der Waals surface area contributed by atoms with E-state index in [1.807, 2.05) is 0 Å². The van der Waals surface area contributed by atoms with Crippen LogP contribution in [0.2, 0.25) is 0 Å². The first-order valence-electron chi connectivity index (χ1n) is 8.80. The van der Waals surface area contributed by atoms with Gasteiger partial charge in [-0.1, -0.05) is 12.1 Å². The molecule has 0 bridgehead atoms. The van der Waals surface area contributed by atoms with Crippen molar-refractivity contribution in [1.82, 2.24) is 20.5 Å². The number of hydrogen-bond acceptors (Lipinski definition) is 4. The summed E-state index contributed by atoms with van der Waals surface area (Å²) in [5.41, 5.74) is 2.64. The normalized spacial score (nSPS) is 14.9. The summed E-state index contributed by atoms with van der Waals surface area (Å²) < 4.78 is 18.3. The van der Waals surface area contributed by atoms with Crippen molar-refractivity contribution < 1.29 is 13.9 Å². The third-order valence-electron chi connectivity index (χ3n) is 4.61. The number of carbonyl (C=O) groups is 1. The fraction of sp³-hybridized carbons (Fsp3) is 0.316. The standard InChI is InChI=1S/C19H20FN5O2/c1-27-10-16(11-4-6-13(20)7-5-11)22-19(26)23-17-8-15-14(9-21-17)18(25-24-15)12-2-3-12/h4-9,12,16H,2-3,10H2,1H3,(H,24,25)(H2,21,22,23,26). The fourth-order valence-electron chi connectivity index (χ4n) is 3.07. The molecule has 0 aliphatic heterocycles. The van der Waals surface area contributed by atoms with Crippen LogP contribution >= 0.6 is 0 Å². The van der Waals surface area contributed by atoms with Crippen molar-refractivity contribution in [3.63, 3.8) is 0 Å². The van der Waals surface area contributed by atoms with E-state index in [4.69, 9.17) is 4.74 Å². The van der Waals surface area contributed by atoms with Crippen molar-refractivity contribution in [1.29, 1.82) is 0 Å². The average molecular weight is 369 g/mol. The topological polar surface area (TPSA) is 91.9 Å². The van der Waals surface area contributed by atoms with Gasteiger partial charge in [-0.05, 0) is 30.5 Å². The Labute approximate surface area is 155 Å². The van der Waals surface area contributed by atoms with Crippen molar-refractivity contribution in [3.05, 3.63) is 53.6 Å². The van der Waals surface area contributed by atoms with Crippen LogP contribution in [0.4, 0.5) is 15.0 Å². The molecule has 3 N–H and O–H groups in total. The number of anilines is 1. The lowest BCUT2D eigenvalue weighted by molar-refractivity contribution is 0.168.